The second-order valence-corrected chi connectivity index (χ2v) is 4.92. The number of rotatable bonds is 7. The number of nitrogens with one attached hydrogen (secondary N) is 2. The highest BCUT2D eigenvalue weighted by Gasteiger charge is 2.25. The van der Waals surface area contributed by atoms with E-state index in [0.29, 0.717) is 6.42 Å². The lowest BCUT2D eigenvalue weighted by molar-refractivity contribution is -0.142. The molecule has 1 unspecified atom stereocenters. The molecule has 112 valence electrons. The fraction of sp³-hybridized carbons (Fsp3) is 0.333. The first kappa shape index (κ1) is 15.1. The molecule has 1 aromatic carbocycles. The van der Waals surface area contributed by atoms with Crippen molar-refractivity contribution in [1.29, 1.82) is 0 Å². The molecule has 2 rings (SSSR count). The Hall–Kier alpha value is -2.34. The number of hydrogen-bond acceptors (Lipinski definition) is 3. The van der Waals surface area contributed by atoms with Gasteiger partial charge in [0.05, 0.1) is 0 Å². The number of carboxylic acids is 2. The molecular weight excluding hydrogens is 272 g/mol. The molecule has 6 heteroatoms. The maximum atomic E-state index is 11.4. The van der Waals surface area contributed by atoms with Crippen LogP contribution in [0.4, 0.5) is 0 Å². The molecule has 0 fully saturated rings. The van der Waals surface area contributed by atoms with Crippen LogP contribution in [0.15, 0.2) is 30.5 Å². The van der Waals surface area contributed by atoms with E-state index in [1.165, 1.54) is 0 Å². The van der Waals surface area contributed by atoms with Crippen LogP contribution in [0.2, 0.25) is 0 Å². The quantitative estimate of drug-likeness (QED) is 0.620. The molecule has 6 nitrogen and oxygen atoms in total. The normalized spacial score (nSPS) is 14.0. The average molecular weight is 290 g/mol. The van der Waals surface area contributed by atoms with Gasteiger partial charge in [0.25, 0.3) is 0 Å². The topological polar surface area (TPSA) is 102 Å². The summed E-state index contributed by atoms with van der Waals surface area (Å²) in [4.78, 5) is 25.5. The van der Waals surface area contributed by atoms with Crippen molar-refractivity contribution >= 4 is 22.8 Å². The maximum Gasteiger partial charge on any atom is 0.321 e. The van der Waals surface area contributed by atoms with E-state index in [0.717, 1.165) is 16.5 Å². The van der Waals surface area contributed by atoms with Crippen LogP contribution in [0.5, 0.6) is 0 Å². The second kappa shape index (κ2) is 6.41. The molecule has 1 heterocycles. The number of H-pyrrole nitrogens is 1. The lowest BCUT2D eigenvalue weighted by atomic mass is 10.0. The lowest BCUT2D eigenvalue weighted by Crippen LogP contribution is -2.47. The number of fused-ring (bicyclic) bond motifs is 1. The van der Waals surface area contributed by atoms with E-state index in [4.69, 9.17) is 5.11 Å². The Kier molecular flexibility index (Phi) is 4.59. The molecule has 2 atom stereocenters. The van der Waals surface area contributed by atoms with Gasteiger partial charge in [-0.1, -0.05) is 25.1 Å². The van der Waals surface area contributed by atoms with Gasteiger partial charge in [0, 0.05) is 23.5 Å². The lowest BCUT2D eigenvalue weighted by Gasteiger charge is -2.19. The smallest absolute Gasteiger partial charge is 0.321 e. The first-order valence-corrected chi connectivity index (χ1v) is 6.79. The number of aromatic amines is 1. The standard InChI is InChI=1S/C15H18N2O4/c1-2-11(14(18)19)17-13(15(20)21)7-9-8-16-12-6-4-3-5-10(9)12/h3-6,8,11,13,16-17H,2,7H2,1H3,(H,18,19)(H,20,21)/t11?,13-/m1/s1. The van der Waals surface area contributed by atoms with Gasteiger partial charge in [0.15, 0.2) is 0 Å². The van der Waals surface area contributed by atoms with Gasteiger partial charge < -0.3 is 15.2 Å². The van der Waals surface area contributed by atoms with Crippen LogP contribution in [0.1, 0.15) is 18.9 Å². The number of aromatic nitrogens is 1. The number of benzene rings is 1. The van der Waals surface area contributed by atoms with E-state index in [-0.39, 0.29) is 6.42 Å². The summed E-state index contributed by atoms with van der Waals surface area (Å²) in [5.41, 5.74) is 1.78. The van der Waals surface area contributed by atoms with Crippen LogP contribution in [0.3, 0.4) is 0 Å². The van der Waals surface area contributed by atoms with Gasteiger partial charge in [0.1, 0.15) is 12.1 Å². The molecule has 0 amide bonds. The van der Waals surface area contributed by atoms with Gasteiger partial charge >= 0.3 is 11.9 Å². The van der Waals surface area contributed by atoms with Crippen molar-refractivity contribution in [1.82, 2.24) is 10.3 Å². The van der Waals surface area contributed by atoms with Crippen LogP contribution in [-0.4, -0.2) is 39.2 Å². The van der Waals surface area contributed by atoms with Crippen LogP contribution < -0.4 is 5.32 Å². The first-order chi connectivity index (χ1) is 10.0. The fourth-order valence-corrected chi connectivity index (χ4v) is 2.34. The van der Waals surface area contributed by atoms with Gasteiger partial charge in [0.2, 0.25) is 0 Å². The van der Waals surface area contributed by atoms with Crippen molar-refractivity contribution in [3.8, 4) is 0 Å². The average Bonchev–Trinajstić information content (AvgIpc) is 2.86. The second-order valence-electron chi connectivity index (χ2n) is 4.92. The Bertz CT molecular complexity index is 650. The van der Waals surface area contributed by atoms with Crippen molar-refractivity contribution in [3.05, 3.63) is 36.0 Å². The zero-order chi connectivity index (χ0) is 15.4. The summed E-state index contributed by atoms with van der Waals surface area (Å²) in [6.07, 6.45) is 2.32. The van der Waals surface area contributed by atoms with E-state index in [2.05, 4.69) is 10.3 Å². The Morgan fingerprint density at radius 3 is 2.48 bits per heavy atom. The van der Waals surface area contributed by atoms with Crippen molar-refractivity contribution < 1.29 is 19.8 Å². The van der Waals surface area contributed by atoms with Gasteiger partial charge in [-0.3, -0.25) is 14.9 Å². The predicted molar refractivity (Wildman–Crippen MR) is 78.3 cm³/mol. The third-order valence-corrected chi connectivity index (χ3v) is 3.51. The monoisotopic (exact) mass is 290 g/mol. The van der Waals surface area contributed by atoms with Gasteiger partial charge in [-0.15, -0.1) is 0 Å². The third kappa shape index (κ3) is 3.41. The summed E-state index contributed by atoms with van der Waals surface area (Å²) >= 11 is 0. The highest BCUT2D eigenvalue weighted by atomic mass is 16.4. The minimum Gasteiger partial charge on any atom is -0.480 e. The summed E-state index contributed by atoms with van der Waals surface area (Å²) in [5, 5.41) is 22.0. The van der Waals surface area contributed by atoms with Crippen molar-refractivity contribution in [2.75, 3.05) is 0 Å². The molecule has 0 aliphatic carbocycles. The molecule has 0 saturated carbocycles. The number of carbonyl (C=O) groups is 2. The molecule has 21 heavy (non-hydrogen) atoms. The van der Waals surface area contributed by atoms with E-state index >= 15 is 0 Å². The predicted octanol–water partition coefficient (Wildman–Crippen LogP) is 1.62. The number of hydrogen-bond donors (Lipinski definition) is 4. The van der Waals surface area contributed by atoms with Crippen molar-refractivity contribution in [3.63, 3.8) is 0 Å². The first-order valence-electron chi connectivity index (χ1n) is 6.79. The summed E-state index contributed by atoms with van der Waals surface area (Å²) in [6, 6.07) is 5.80. The SMILES string of the molecule is CCC(N[C@H](Cc1c[nH]c2ccccc12)C(=O)O)C(=O)O. The van der Waals surface area contributed by atoms with Gasteiger partial charge in [-0.2, -0.15) is 0 Å². The van der Waals surface area contributed by atoms with Crippen LogP contribution in [-0.2, 0) is 16.0 Å². The van der Waals surface area contributed by atoms with Crippen LogP contribution in [0, 0.1) is 0 Å². The highest BCUT2D eigenvalue weighted by Crippen LogP contribution is 2.19. The molecule has 4 N–H and O–H groups in total. The third-order valence-electron chi connectivity index (χ3n) is 3.51. The molecule has 0 aliphatic rings. The number of aliphatic carboxylic acids is 2. The summed E-state index contributed by atoms with van der Waals surface area (Å²) < 4.78 is 0. The molecule has 0 bridgehead atoms. The highest BCUT2D eigenvalue weighted by molar-refractivity contribution is 5.84. The van der Waals surface area contributed by atoms with Crippen LogP contribution in [0.25, 0.3) is 10.9 Å². The minimum atomic E-state index is -1.06. The van der Waals surface area contributed by atoms with Gasteiger partial charge in [-0.05, 0) is 18.1 Å². The molecule has 0 radical (unpaired) electrons. The number of carboxylic acid groups (broad SMARTS) is 2. The van der Waals surface area contributed by atoms with E-state index in [9.17, 15) is 14.7 Å². The van der Waals surface area contributed by atoms with Crippen LogP contribution >= 0.6 is 0 Å². The Morgan fingerprint density at radius 1 is 1.19 bits per heavy atom. The summed E-state index contributed by atoms with van der Waals surface area (Å²) in [6.45, 7) is 1.70. The minimum absolute atomic E-state index is 0.225. The summed E-state index contributed by atoms with van der Waals surface area (Å²) in [5.74, 6) is -2.09. The van der Waals surface area contributed by atoms with E-state index in [1.807, 2.05) is 24.3 Å². The Morgan fingerprint density at radius 2 is 1.86 bits per heavy atom. The van der Waals surface area contributed by atoms with Crippen molar-refractivity contribution in [2.24, 2.45) is 0 Å². The molecule has 1 aromatic heterocycles. The molecule has 0 saturated heterocycles. The molecule has 2 aromatic rings. The van der Waals surface area contributed by atoms with Gasteiger partial charge in [-0.25, -0.2) is 0 Å². The van der Waals surface area contributed by atoms with Crippen molar-refractivity contribution in [2.45, 2.75) is 31.8 Å². The Balaban J connectivity index is 2.20. The molecule has 0 aliphatic heterocycles. The maximum absolute atomic E-state index is 11.4. The van der Waals surface area contributed by atoms with E-state index in [1.54, 1.807) is 13.1 Å². The Labute approximate surface area is 121 Å². The zero-order valence-electron chi connectivity index (χ0n) is 11.7. The largest absolute Gasteiger partial charge is 0.480 e. The summed E-state index contributed by atoms with van der Waals surface area (Å²) in [7, 11) is 0. The fourth-order valence-electron chi connectivity index (χ4n) is 2.34. The van der Waals surface area contributed by atoms with E-state index < -0.39 is 24.0 Å². The number of para-hydroxylation sites is 1. The zero-order valence-corrected chi connectivity index (χ0v) is 11.7. The molecule has 0 spiro atoms. The molecular formula is C15H18N2O4.